The van der Waals surface area contributed by atoms with Crippen molar-refractivity contribution in [2.24, 2.45) is 18.5 Å². The van der Waals surface area contributed by atoms with Crippen molar-refractivity contribution in [3.63, 3.8) is 0 Å². The van der Waals surface area contributed by atoms with Crippen molar-refractivity contribution in [2.45, 2.75) is 43.8 Å². The Kier molecular flexibility index (Phi) is 13.8. The van der Waals surface area contributed by atoms with Crippen molar-refractivity contribution in [3.05, 3.63) is 138 Å². The molecule has 0 spiro atoms. The third kappa shape index (κ3) is 10.8. The van der Waals surface area contributed by atoms with Crippen LogP contribution in [-0.2, 0) is 43.8 Å². The highest BCUT2D eigenvalue weighted by atomic mass is 19.3. The molecule has 3 unspecified atom stereocenters. The number of pyridine rings is 1. The van der Waals surface area contributed by atoms with Crippen LogP contribution in [0.1, 0.15) is 56.4 Å². The third-order valence-corrected chi connectivity index (χ3v) is 9.80. The lowest BCUT2D eigenvalue weighted by atomic mass is 9.99. The predicted molar refractivity (Wildman–Crippen MR) is 217 cm³/mol. The first-order chi connectivity index (χ1) is 29.3. The molecule has 314 valence electrons. The summed E-state index contributed by atoms with van der Waals surface area (Å²) in [5.41, 5.74) is 13.0. The van der Waals surface area contributed by atoms with Gasteiger partial charge < -0.3 is 26.8 Å². The molecule has 1 saturated heterocycles. The van der Waals surface area contributed by atoms with E-state index in [1.54, 1.807) is 84.9 Å². The molecular formula is C43H41F2N9O7. The third-order valence-electron chi connectivity index (χ3n) is 9.80. The number of aryl methyl sites for hydroxylation is 1. The number of Topliss-reactive ketones (excluding diaryl/α,β-unsaturated/α-hetero) is 2. The van der Waals surface area contributed by atoms with E-state index in [0.717, 1.165) is 29.0 Å². The number of halogens is 2. The van der Waals surface area contributed by atoms with Crippen LogP contribution < -0.4 is 22.1 Å². The fraction of sp³-hybridized carbons (Fsp3) is 0.233. The maximum absolute atomic E-state index is 13.4. The number of nitrogens with zero attached hydrogens (tertiary/aromatic N) is 5. The summed E-state index contributed by atoms with van der Waals surface area (Å²) >= 11 is 0. The van der Waals surface area contributed by atoms with E-state index in [9.17, 15) is 37.5 Å². The monoisotopic (exact) mass is 833 g/mol. The van der Waals surface area contributed by atoms with Crippen molar-refractivity contribution in [3.8, 4) is 11.3 Å². The minimum atomic E-state index is -2.99. The first-order valence-electron chi connectivity index (χ1n) is 19.0. The summed E-state index contributed by atoms with van der Waals surface area (Å²) in [6.07, 6.45) is 6.68. The van der Waals surface area contributed by atoms with Gasteiger partial charge in [0.05, 0.1) is 23.4 Å². The van der Waals surface area contributed by atoms with Gasteiger partial charge in [-0.3, -0.25) is 38.4 Å². The number of carbonyl (C=O) groups is 6. The predicted octanol–water partition coefficient (Wildman–Crippen LogP) is 3.21. The van der Waals surface area contributed by atoms with Gasteiger partial charge in [0.25, 0.3) is 23.6 Å². The van der Waals surface area contributed by atoms with Crippen molar-refractivity contribution in [1.82, 2.24) is 35.2 Å². The van der Waals surface area contributed by atoms with E-state index in [2.05, 4.69) is 25.8 Å². The molecular weight excluding hydrogens is 793 g/mol. The van der Waals surface area contributed by atoms with E-state index < -0.39 is 53.8 Å². The number of carbonyl (C=O) groups excluding carboxylic acids is 6. The van der Waals surface area contributed by atoms with Crippen LogP contribution in [-0.4, -0.2) is 85.0 Å². The van der Waals surface area contributed by atoms with E-state index >= 15 is 0 Å². The number of rotatable bonds is 15. The Bertz CT molecular complexity index is 2560. The summed E-state index contributed by atoms with van der Waals surface area (Å²) in [6, 6.07) is 22.4. The van der Waals surface area contributed by atoms with Crippen molar-refractivity contribution >= 4 is 46.0 Å². The van der Waals surface area contributed by atoms with Gasteiger partial charge in [-0.05, 0) is 35.1 Å². The maximum atomic E-state index is 13.4. The molecule has 7 rings (SSSR count). The molecule has 4 heterocycles. The standard InChI is InChI=1S/C24H19F2N5O3.C19H22N4O4/c25-24(26)31-13-18(20(30-31)16-7-6-15-8-9-28-12-17(15)11-16)23(34)29-19(21(32)22(27)33)10-14-4-2-1-3-5-14;1-23-10-14(16(22-23)13-7-8-27-11-13)19(26)21-15(17(24)18(20)25)9-12-5-3-2-4-6-12/h1-9,11-13,19,24H,10H2,(H2,27,33)(H,29,34);2-6,10,13,15H,7-9,11H2,1H3,(H2,20,25)(H,21,26). The minimum Gasteiger partial charge on any atom is -0.381 e. The van der Waals surface area contributed by atoms with Crippen LogP contribution >= 0.6 is 0 Å². The first-order valence-corrected chi connectivity index (χ1v) is 19.0. The molecule has 0 radical (unpaired) electrons. The molecule has 61 heavy (non-hydrogen) atoms. The number of fused-ring (bicyclic) bond motifs is 1. The quantitative estimate of drug-likeness (QED) is 0.110. The smallest absolute Gasteiger partial charge is 0.333 e. The number of amides is 4. The van der Waals surface area contributed by atoms with Crippen LogP contribution in [0.15, 0.2) is 110 Å². The van der Waals surface area contributed by atoms with Crippen LogP contribution in [0.2, 0.25) is 0 Å². The summed E-state index contributed by atoms with van der Waals surface area (Å²) in [6.45, 7) is -1.86. The van der Waals surface area contributed by atoms with Gasteiger partial charge in [0.2, 0.25) is 11.6 Å². The van der Waals surface area contributed by atoms with Crippen LogP contribution in [0.4, 0.5) is 8.78 Å². The normalized spacial score (nSPS) is 14.4. The lowest BCUT2D eigenvalue weighted by Gasteiger charge is -2.17. The summed E-state index contributed by atoms with van der Waals surface area (Å²) < 4.78 is 34.2. The second kappa shape index (κ2) is 19.5. The summed E-state index contributed by atoms with van der Waals surface area (Å²) in [5.74, 6) is -5.40. The van der Waals surface area contributed by atoms with Crippen LogP contribution in [0, 0.1) is 0 Å². The van der Waals surface area contributed by atoms with Gasteiger partial charge in [0.15, 0.2) is 0 Å². The fourth-order valence-electron chi connectivity index (χ4n) is 6.77. The molecule has 3 aromatic carbocycles. The summed E-state index contributed by atoms with van der Waals surface area (Å²) in [5, 5.41) is 15.0. The molecule has 1 aliphatic heterocycles. The van der Waals surface area contributed by atoms with E-state index in [4.69, 9.17) is 16.2 Å². The van der Waals surface area contributed by atoms with Gasteiger partial charge in [-0.1, -0.05) is 72.8 Å². The number of nitrogens with two attached hydrogens (primary N) is 2. The zero-order chi connectivity index (χ0) is 43.6. The lowest BCUT2D eigenvalue weighted by molar-refractivity contribution is -0.137. The number of ketones is 2. The maximum Gasteiger partial charge on any atom is 0.333 e. The number of nitrogens with one attached hydrogen (secondary N) is 2. The molecule has 3 aromatic heterocycles. The SMILES string of the molecule is Cn1cc(C(=O)NC(Cc2ccccc2)C(=O)C(N)=O)c(C2CCOC2)n1.NC(=O)C(=O)C(Cc1ccccc1)NC(=O)c1cn(C(F)F)nc1-c1ccc2ccncc2c1. The molecule has 6 N–H and O–H groups in total. The molecule has 4 amide bonds. The van der Waals surface area contributed by atoms with Crippen molar-refractivity contribution < 1.29 is 42.3 Å². The Labute approximate surface area is 347 Å². The Morgan fingerprint density at radius 2 is 1.36 bits per heavy atom. The highest BCUT2D eigenvalue weighted by Gasteiger charge is 2.31. The minimum absolute atomic E-state index is 0.00564. The molecule has 16 nitrogen and oxygen atoms in total. The number of aromatic nitrogens is 5. The second-order valence-electron chi connectivity index (χ2n) is 14.1. The molecule has 1 fully saturated rings. The Morgan fingerprint density at radius 3 is 1.90 bits per heavy atom. The van der Waals surface area contributed by atoms with E-state index in [1.807, 2.05) is 30.3 Å². The number of ether oxygens (including phenoxy) is 1. The summed E-state index contributed by atoms with van der Waals surface area (Å²) in [7, 11) is 1.73. The van der Waals surface area contributed by atoms with E-state index in [1.165, 1.54) is 0 Å². The molecule has 6 aromatic rings. The van der Waals surface area contributed by atoms with Crippen molar-refractivity contribution in [1.29, 1.82) is 0 Å². The zero-order valence-electron chi connectivity index (χ0n) is 32.7. The highest BCUT2D eigenvalue weighted by molar-refractivity contribution is 6.38. The van der Waals surface area contributed by atoms with Gasteiger partial charge in [-0.25, -0.2) is 4.68 Å². The first kappa shape index (κ1) is 43.1. The van der Waals surface area contributed by atoms with Crippen LogP contribution in [0.25, 0.3) is 22.0 Å². The number of hydrogen-bond donors (Lipinski definition) is 4. The van der Waals surface area contributed by atoms with Crippen molar-refractivity contribution in [2.75, 3.05) is 13.2 Å². The Balaban J connectivity index is 0.000000210. The highest BCUT2D eigenvalue weighted by Crippen LogP contribution is 2.29. The van der Waals surface area contributed by atoms with Crippen LogP contribution in [0.3, 0.4) is 0 Å². The number of hydrogen-bond acceptors (Lipinski definition) is 10. The van der Waals surface area contributed by atoms with Gasteiger partial charge in [-0.15, -0.1) is 0 Å². The van der Waals surface area contributed by atoms with Gasteiger partial charge in [0.1, 0.15) is 17.8 Å². The van der Waals surface area contributed by atoms with Gasteiger partial charge in [0, 0.05) is 68.2 Å². The molecule has 0 bridgehead atoms. The number of benzene rings is 3. The van der Waals surface area contributed by atoms with Crippen LogP contribution in [0.5, 0.6) is 0 Å². The molecule has 1 aliphatic rings. The second-order valence-corrected chi connectivity index (χ2v) is 14.1. The largest absolute Gasteiger partial charge is 0.381 e. The molecule has 0 aliphatic carbocycles. The fourth-order valence-corrected chi connectivity index (χ4v) is 6.77. The summed E-state index contributed by atoms with van der Waals surface area (Å²) in [4.78, 5) is 77.6. The zero-order valence-corrected chi connectivity index (χ0v) is 32.7. The van der Waals surface area contributed by atoms with Gasteiger partial charge in [-0.2, -0.15) is 19.0 Å². The Morgan fingerprint density at radius 1 is 0.770 bits per heavy atom. The average Bonchev–Trinajstić information content (AvgIpc) is 4.04. The number of alkyl halides is 2. The molecule has 18 heteroatoms. The molecule has 3 atom stereocenters. The Hall–Kier alpha value is -7.47. The molecule has 0 saturated carbocycles. The average molecular weight is 834 g/mol. The van der Waals surface area contributed by atoms with Gasteiger partial charge >= 0.3 is 6.55 Å². The lowest BCUT2D eigenvalue weighted by Crippen LogP contribution is -2.47. The van der Waals surface area contributed by atoms with E-state index in [-0.39, 0.29) is 30.0 Å². The number of primary amides is 2. The van der Waals surface area contributed by atoms with E-state index in [0.29, 0.717) is 40.3 Å². The topological polar surface area (TPSA) is 236 Å².